The first-order chi connectivity index (χ1) is 9.07. The van der Waals surface area contributed by atoms with Gasteiger partial charge in [-0.05, 0) is 24.3 Å². The topological polar surface area (TPSA) is 72.2 Å². The molecule has 1 aromatic carbocycles. The van der Waals surface area contributed by atoms with Crippen LogP contribution in [-0.2, 0) is 10.0 Å². The van der Waals surface area contributed by atoms with Gasteiger partial charge in [0.25, 0.3) is 0 Å². The van der Waals surface area contributed by atoms with Gasteiger partial charge in [0, 0.05) is 12.6 Å². The summed E-state index contributed by atoms with van der Waals surface area (Å²) in [5.41, 5.74) is 6.93. The number of hydrogen-bond donors (Lipinski definition) is 2. The van der Waals surface area contributed by atoms with E-state index in [4.69, 9.17) is 5.73 Å². The predicted octanol–water partition coefficient (Wildman–Crippen LogP) is 2.22. The molecule has 114 valence electrons. The summed E-state index contributed by atoms with van der Waals surface area (Å²) in [6.45, 7) is 0.263. The van der Waals surface area contributed by atoms with Crippen LogP contribution in [-0.4, -0.2) is 20.7 Å². The van der Waals surface area contributed by atoms with Gasteiger partial charge in [-0.1, -0.05) is 43.2 Å². The Hall–Kier alpha value is -0.620. The van der Waals surface area contributed by atoms with Gasteiger partial charge in [-0.15, -0.1) is 12.4 Å². The first-order valence-electron chi connectivity index (χ1n) is 6.85. The standard InChI is InChI=1S/C14H22N2O2S.ClH/c15-14(13-8-2-1-3-9-13)10-16-19(17,18)11-12-6-4-5-7-12;/h1-3,8-9,12,14,16H,4-7,10-11,15H2;1H. The number of sulfonamides is 1. The zero-order valence-corrected chi connectivity index (χ0v) is 13.1. The minimum atomic E-state index is -3.20. The van der Waals surface area contributed by atoms with E-state index in [2.05, 4.69) is 4.72 Å². The SMILES string of the molecule is Cl.NC(CNS(=O)(=O)CC1CCCC1)c1ccccc1. The molecule has 1 atom stereocenters. The average Bonchev–Trinajstić information content (AvgIpc) is 2.89. The summed E-state index contributed by atoms with van der Waals surface area (Å²) in [4.78, 5) is 0. The van der Waals surface area contributed by atoms with Gasteiger partial charge < -0.3 is 5.73 Å². The zero-order valence-electron chi connectivity index (χ0n) is 11.5. The van der Waals surface area contributed by atoms with Crippen LogP contribution >= 0.6 is 12.4 Å². The molecular weight excluding hydrogens is 296 g/mol. The molecule has 2 rings (SSSR count). The fourth-order valence-electron chi connectivity index (χ4n) is 2.58. The van der Waals surface area contributed by atoms with E-state index in [1.807, 2.05) is 30.3 Å². The van der Waals surface area contributed by atoms with Crippen molar-refractivity contribution in [1.82, 2.24) is 4.72 Å². The van der Waals surface area contributed by atoms with E-state index >= 15 is 0 Å². The van der Waals surface area contributed by atoms with Crippen LogP contribution in [0, 0.1) is 5.92 Å². The lowest BCUT2D eigenvalue weighted by Crippen LogP contribution is -2.35. The third-order valence-electron chi connectivity index (χ3n) is 3.68. The highest BCUT2D eigenvalue weighted by molar-refractivity contribution is 7.89. The molecule has 4 nitrogen and oxygen atoms in total. The van der Waals surface area contributed by atoms with Crippen molar-refractivity contribution in [2.24, 2.45) is 11.7 Å². The zero-order chi connectivity index (χ0) is 13.7. The summed E-state index contributed by atoms with van der Waals surface area (Å²) in [6.07, 6.45) is 4.38. The van der Waals surface area contributed by atoms with Crippen LogP contribution in [0.3, 0.4) is 0 Å². The van der Waals surface area contributed by atoms with Crippen molar-refractivity contribution < 1.29 is 8.42 Å². The van der Waals surface area contributed by atoms with Crippen LogP contribution < -0.4 is 10.5 Å². The first-order valence-corrected chi connectivity index (χ1v) is 8.50. The smallest absolute Gasteiger partial charge is 0.211 e. The molecule has 0 aromatic heterocycles. The number of nitrogens with two attached hydrogens (primary N) is 1. The second-order valence-electron chi connectivity index (χ2n) is 5.30. The molecule has 0 radical (unpaired) electrons. The Morgan fingerprint density at radius 1 is 1.20 bits per heavy atom. The van der Waals surface area contributed by atoms with Crippen LogP contribution in [0.1, 0.15) is 37.3 Å². The van der Waals surface area contributed by atoms with E-state index in [0.717, 1.165) is 31.2 Å². The molecule has 1 unspecified atom stereocenters. The van der Waals surface area contributed by atoms with Gasteiger partial charge in [0.15, 0.2) is 0 Å². The molecule has 0 spiro atoms. The second-order valence-corrected chi connectivity index (χ2v) is 7.15. The minimum Gasteiger partial charge on any atom is -0.323 e. The van der Waals surface area contributed by atoms with Crippen LogP contribution in [0.4, 0.5) is 0 Å². The Morgan fingerprint density at radius 3 is 2.40 bits per heavy atom. The lowest BCUT2D eigenvalue weighted by molar-refractivity contribution is 0.542. The molecule has 6 heteroatoms. The van der Waals surface area contributed by atoms with E-state index < -0.39 is 10.0 Å². The lowest BCUT2D eigenvalue weighted by Gasteiger charge is -2.15. The number of benzene rings is 1. The summed E-state index contributed by atoms with van der Waals surface area (Å²) in [5.74, 6) is 0.569. The molecule has 1 fully saturated rings. The maximum absolute atomic E-state index is 12.0. The van der Waals surface area contributed by atoms with Crippen molar-refractivity contribution in [3.8, 4) is 0 Å². The minimum absolute atomic E-state index is 0. The van der Waals surface area contributed by atoms with E-state index in [-0.39, 0.29) is 30.7 Å². The molecule has 0 amide bonds. The maximum atomic E-state index is 12.0. The monoisotopic (exact) mass is 318 g/mol. The average molecular weight is 319 g/mol. The summed E-state index contributed by atoms with van der Waals surface area (Å²) in [7, 11) is -3.20. The van der Waals surface area contributed by atoms with Crippen molar-refractivity contribution in [2.75, 3.05) is 12.3 Å². The first kappa shape index (κ1) is 17.4. The van der Waals surface area contributed by atoms with Crippen LogP contribution in [0.15, 0.2) is 30.3 Å². The number of rotatable bonds is 6. The van der Waals surface area contributed by atoms with E-state index in [9.17, 15) is 8.42 Å². The highest BCUT2D eigenvalue weighted by Gasteiger charge is 2.22. The molecule has 1 aliphatic carbocycles. The van der Waals surface area contributed by atoms with Crippen molar-refractivity contribution in [1.29, 1.82) is 0 Å². The molecular formula is C14H23ClN2O2S. The molecule has 3 N–H and O–H groups in total. The molecule has 20 heavy (non-hydrogen) atoms. The summed E-state index contributed by atoms with van der Waals surface area (Å²) < 4.78 is 26.5. The van der Waals surface area contributed by atoms with Gasteiger partial charge in [-0.25, -0.2) is 13.1 Å². The fourth-order valence-corrected chi connectivity index (χ4v) is 4.09. The Kier molecular flexibility index (Phi) is 6.95. The van der Waals surface area contributed by atoms with E-state index in [1.165, 1.54) is 0 Å². The second kappa shape index (κ2) is 7.98. The molecule has 1 saturated carbocycles. The molecule has 1 aromatic rings. The van der Waals surface area contributed by atoms with Crippen LogP contribution in [0.25, 0.3) is 0 Å². The highest BCUT2D eigenvalue weighted by Crippen LogP contribution is 2.25. The van der Waals surface area contributed by atoms with Crippen molar-refractivity contribution in [3.63, 3.8) is 0 Å². The lowest BCUT2D eigenvalue weighted by atomic mass is 10.1. The third kappa shape index (κ3) is 5.40. The number of nitrogens with one attached hydrogen (secondary N) is 1. The van der Waals surface area contributed by atoms with E-state index in [1.54, 1.807) is 0 Å². The third-order valence-corrected chi connectivity index (χ3v) is 5.20. The molecule has 0 bridgehead atoms. The number of halogens is 1. The Bertz CT molecular complexity index is 487. The van der Waals surface area contributed by atoms with Crippen molar-refractivity contribution >= 4 is 22.4 Å². The molecule has 1 aliphatic rings. The number of hydrogen-bond acceptors (Lipinski definition) is 3. The molecule has 0 aliphatic heterocycles. The maximum Gasteiger partial charge on any atom is 0.211 e. The summed E-state index contributed by atoms with van der Waals surface area (Å²) in [6, 6.07) is 9.26. The molecule has 0 heterocycles. The predicted molar refractivity (Wildman–Crippen MR) is 84.4 cm³/mol. The van der Waals surface area contributed by atoms with Crippen LogP contribution in [0.2, 0.25) is 0 Å². The summed E-state index contributed by atoms with van der Waals surface area (Å²) >= 11 is 0. The normalized spacial score (nSPS) is 17.6. The molecule has 0 saturated heterocycles. The van der Waals surface area contributed by atoms with Gasteiger partial charge in [-0.2, -0.15) is 0 Å². The van der Waals surface area contributed by atoms with Crippen LogP contribution in [0.5, 0.6) is 0 Å². The summed E-state index contributed by atoms with van der Waals surface area (Å²) in [5, 5.41) is 0. The Balaban J connectivity index is 0.00000200. The van der Waals surface area contributed by atoms with Crippen molar-refractivity contribution in [3.05, 3.63) is 35.9 Å². The largest absolute Gasteiger partial charge is 0.323 e. The van der Waals surface area contributed by atoms with Gasteiger partial charge in [-0.3, -0.25) is 0 Å². The van der Waals surface area contributed by atoms with Crippen molar-refractivity contribution in [2.45, 2.75) is 31.7 Å². The highest BCUT2D eigenvalue weighted by atomic mass is 35.5. The quantitative estimate of drug-likeness (QED) is 0.844. The van der Waals surface area contributed by atoms with E-state index in [0.29, 0.717) is 5.92 Å². The Morgan fingerprint density at radius 2 is 1.80 bits per heavy atom. The van der Waals surface area contributed by atoms with Gasteiger partial charge in [0.1, 0.15) is 0 Å². The van der Waals surface area contributed by atoms with Gasteiger partial charge in [0.2, 0.25) is 10.0 Å². The van der Waals surface area contributed by atoms with Gasteiger partial charge >= 0.3 is 0 Å². The fraction of sp³-hybridized carbons (Fsp3) is 0.571. The Labute approximate surface area is 127 Å². The van der Waals surface area contributed by atoms with Gasteiger partial charge in [0.05, 0.1) is 5.75 Å².